The van der Waals surface area contributed by atoms with E-state index in [1.165, 1.54) is 0 Å². The third kappa shape index (κ3) is 1.46. The molecule has 1 aromatic heterocycles. The number of benzene rings is 1. The first-order chi connectivity index (χ1) is 6.68. The summed E-state index contributed by atoms with van der Waals surface area (Å²) in [4.78, 5) is 13.5. The highest BCUT2D eigenvalue weighted by atomic mass is 35.5. The van der Waals surface area contributed by atoms with Crippen LogP contribution in [0.5, 0.6) is 0 Å². The molecule has 0 atom stereocenters. The lowest BCUT2D eigenvalue weighted by Crippen LogP contribution is -2.00. The van der Waals surface area contributed by atoms with Gasteiger partial charge < -0.3 is 10.1 Å². The average molecular weight is 210 g/mol. The predicted octanol–water partition coefficient (Wildman–Crippen LogP) is 2.45. The molecule has 3 nitrogen and oxygen atoms in total. The third-order valence-corrected chi connectivity index (χ3v) is 2.54. The number of hydrogen-bond donors (Lipinski definition) is 2. The van der Waals surface area contributed by atoms with Gasteiger partial charge in [0.15, 0.2) is 0 Å². The van der Waals surface area contributed by atoms with E-state index in [4.69, 9.17) is 16.7 Å². The van der Waals surface area contributed by atoms with E-state index in [1.54, 1.807) is 12.3 Å². The smallest absolute Gasteiger partial charge is 0.307 e. The fourth-order valence-corrected chi connectivity index (χ4v) is 1.74. The Morgan fingerprint density at radius 2 is 2.21 bits per heavy atom. The highest BCUT2D eigenvalue weighted by Gasteiger charge is 2.08. The van der Waals surface area contributed by atoms with Crippen LogP contribution in [0.1, 0.15) is 5.56 Å². The zero-order valence-corrected chi connectivity index (χ0v) is 8.01. The summed E-state index contributed by atoms with van der Waals surface area (Å²) in [5, 5.41) is 10.0. The van der Waals surface area contributed by atoms with Gasteiger partial charge in [0, 0.05) is 17.1 Å². The first-order valence-electron chi connectivity index (χ1n) is 4.15. The summed E-state index contributed by atoms with van der Waals surface area (Å²) < 4.78 is 0. The van der Waals surface area contributed by atoms with E-state index in [2.05, 4.69) is 4.98 Å². The maximum absolute atomic E-state index is 10.5. The second-order valence-corrected chi connectivity index (χ2v) is 3.43. The van der Waals surface area contributed by atoms with Gasteiger partial charge in [-0.25, -0.2) is 0 Å². The van der Waals surface area contributed by atoms with Crippen LogP contribution in [0.15, 0.2) is 24.4 Å². The van der Waals surface area contributed by atoms with Gasteiger partial charge in [0.2, 0.25) is 0 Å². The molecule has 4 heteroatoms. The summed E-state index contributed by atoms with van der Waals surface area (Å²) in [6.07, 6.45) is 1.74. The molecule has 14 heavy (non-hydrogen) atoms. The Hall–Kier alpha value is -1.48. The molecule has 0 saturated carbocycles. The predicted molar refractivity (Wildman–Crippen MR) is 54.6 cm³/mol. The van der Waals surface area contributed by atoms with Crippen LogP contribution < -0.4 is 0 Å². The van der Waals surface area contributed by atoms with E-state index in [0.717, 1.165) is 10.9 Å². The lowest BCUT2D eigenvalue weighted by Gasteiger charge is -2.01. The van der Waals surface area contributed by atoms with Crippen LogP contribution in [0.3, 0.4) is 0 Å². The van der Waals surface area contributed by atoms with Crippen molar-refractivity contribution in [2.24, 2.45) is 0 Å². The Kier molecular flexibility index (Phi) is 2.17. The van der Waals surface area contributed by atoms with E-state index < -0.39 is 5.97 Å². The molecule has 0 aliphatic rings. The number of nitrogens with one attached hydrogen (secondary N) is 1. The zero-order chi connectivity index (χ0) is 10.1. The van der Waals surface area contributed by atoms with Crippen LogP contribution in [-0.2, 0) is 11.2 Å². The number of hydrogen-bond acceptors (Lipinski definition) is 1. The molecular formula is C10H8ClNO2. The van der Waals surface area contributed by atoms with Crippen LogP contribution in [0.25, 0.3) is 10.9 Å². The van der Waals surface area contributed by atoms with Gasteiger partial charge in [0.05, 0.1) is 11.4 Å². The minimum Gasteiger partial charge on any atom is -0.481 e. The van der Waals surface area contributed by atoms with Crippen molar-refractivity contribution in [2.45, 2.75) is 6.42 Å². The lowest BCUT2D eigenvalue weighted by atomic mass is 10.1. The quantitative estimate of drug-likeness (QED) is 0.798. The number of fused-ring (bicyclic) bond motifs is 1. The van der Waals surface area contributed by atoms with Crippen LogP contribution in [0.4, 0.5) is 0 Å². The summed E-state index contributed by atoms with van der Waals surface area (Å²) >= 11 is 6.04. The minimum absolute atomic E-state index is 0.0417. The molecule has 0 aliphatic carbocycles. The van der Waals surface area contributed by atoms with Gasteiger partial charge in [0.1, 0.15) is 0 Å². The van der Waals surface area contributed by atoms with Crippen LogP contribution in [0, 0.1) is 0 Å². The van der Waals surface area contributed by atoms with Crippen molar-refractivity contribution in [3.8, 4) is 0 Å². The highest BCUT2D eigenvalue weighted by molar-refractivity contribution is 6.36. The fourth-order valence-electron chi connectivity index (χ4n) is 1.44. The van der Waals surface area contributed by atoms with E-state index in [9.17, 15) is 4.79 Å². The van der Waals surface area contributed by atoms with Crippen molar-refractivity contribution < 1.29 is 9.90 Å². The van der Waals surface area contributed by atoms with E-state index >= 15 is 0 Å². The van der Waals surface area contributed by atoms with Crippen molar-refractivity contribution in [1.82, 2.24) is 4.98 Å². The molecule has 0 amide bonds. The number of carbonyl (C=O) groups is 1. The molecule has 0 saturated heterocycles. The molecule has 2 rings (SSSR count). The second-order valence-electron chi connectivity index (χ2n) is 3.05. The Balaban J connectivity index is 2.56. The van der Waals surface area contributed by atoms with Crippen LogP contribution in [-0.4, -0.2) is 16.1 Å². The van der Waals surface area contributed by atoms with Gasteiger partial charge in [-0.15, -0.1) is 0 Å². The van der Waals surface area contributed by atoms with Gasteiger partial charge in [-0.1, -0.05) is 17.7 Å². The molecule has 0 spiro atoms. The molecule has 0 fully saturated rings. The van der Waals surface area contributed by atoms with Gasteiger partial charge >= 0.3 is 5.97 Å². The molecule has 0 aliphatic heterocycles. The fraction of sp³-hybridized carbons (Fsp3) is 0.100. The first kappa shape index (κ1) is 9.09. The molecule has 0 bridgehead atoms. The highest BCUT2D eigenvalue weighted by Crippen LogP contribution is 2.26. The number of carboxylic acid groups (broad SMARTS) is 1. The minimum atomic E-state index is -0.873. The lowest BCUT2D eigenvalue weighted by molar-refractivity contribution is -0.136. The molecule has 1 aromatic carbocycles. The summed E-state index contributed by atoms with van der Waals surface area (Å²) in [7, 11) is 0. The summed E-state index contributed by atoms with van der Waals surface area (Å²) in [6, 6.07) is 5.40. The van der Waals surface area contributed by atoms with Gasteiger partial charge in [-0.3, -0.25) is 4.79 Å². The maximum Gasteiger partial charge on any atom is 0.307 e. The molecular weight excluding hydrogens is 202 g/mol. The summed E-state index contributed by atoms with van der Waals surface area (Å²) in [5.41, 5.74) is 1.57. The number of H-pyrrole nitrogens is 1. The van der Waals surface area contributed by atoms with E-state index in [-0.39, 0.29) is 6.42 Å². The number of rotatable bonds is 2. The number of halogens is 1. The Labute approximate surface area is 85.3 Å². The van der Waals surface area contributed by atoms with Crippen molar-refractivity contribution in [3.63, 3.8) is 0 Å². The molecule has 0 radical (unpaired) electrons. The van der Waals surface area contributed by atoms with Crippen molar-refractivity contribution in [2.75, 3.05) is 0 Å². The number of aliphatic carboxylic acids is 1. The average Bonchev–Trinajstić information content (AvgIpc) is 2.57. The molecule has 2 N–H and O–H groups in total. The maximum atomic E-state index is 10.5. The number of aromatic nitrogens is 1. The van der Waals surface area contributed by atoms with Gasteiger partial charge in [-0.05, 0) is 17.7 Å². The normalized spacial score (nSPS) is 10.6. The Morgan fingerprint density at radius 1 is 1.43 bits per heavy atom. The molecule has 72 valence electrons. The Bertz CT molecular complexity index is 490. The molecule has 2 aromatic rings. The topological polar surface area (TPSA) is 53.1 Å². The third-order valence-electron chi connectivity index (χ3n) is 2.09. The van der Waals surface area contributed by atoms with Gasteiger partial charge in [-0.2, -0.15) is 0 Å². The van der Waals surface area contributed by atoms with E-state index in [1.807, 2.05) is 12.1 Å². The van der Waals surface area contributed by atoms with E-state index in [0.29, 0.717) is 10.6 Å². The number of aromatic amines is 1. The van der Waals surface area contributed by atoms with Crippen LogP contribution >= 0.6 is 11.6 Å². The molecule has 1 heterocycles. The largest absolute Gasteiger partial charge is 0.481 e. The summed E-state index contributed by atoms with van der Waals surface area (Å²) in [5.74, 6) is -0.873. The second kappa shape index (κ2) is 3.35. The SMILES string of the molecule is O=C(O)Cc1ccc2[nH]ccc2c1Cl. The molecule has 0 unspecified atom stereocenters. The standard InChI is InChI=1S/C10H8ClNO2/c11-10-6(5-9(13)14)1-2-8-7(10)3-4-12-8/h1-4,12H,5H2,(H,13,14). The Morgan fingerprint density at radius 3 is 2.93 bits per heavy atom. The number of carboxylic acids is 1. The van der Waals surface area contributed by atoms with Crippen LogP contribution in [0.2, 0.25) is 5.02 Å². The summed E-state index contributed by atoms with van der Waals surface area (Å²) in [6.45, 7) is 0. The van der Waals surface area contributed by atoms with Crippen molar-refractivity contribution >= 4 is 28.5 Å². The monoisotopic (exact) mass is 209 g/mol. The zero-order valence-electron chi connectivity index (χ0n) is 7.25. The van der Waals surface area contributed by atoms with Gasteiger partial charge in [0.25, 0.3) is 0 Å². The van der Waals surface area contributed by atoms with Crippen molar-refractivity contribution in [3.05, 3.63) is 35.0 Å². The van der Waals surface area contributed by atoms with Crippen molar-refractivity contribution in [1.29, 1.82) is 0 Å². The first-order valence-corrected chi connectivity index (χ1v) is 4.52.